The quantitative estimate of drug-likeness (QED) is 0.803. The zero-order valence-corrected chi connectivity index (χ0v) is 12.3. The lowest BCUT2D eigenvalue weighted by atomic mass is 10.1. The number of nitrogens with one attached hydrogen (secondary N) is 1. The third-order valence-electron chi connectivity index (χ3n) is 2.96. The second-order valence-electron chi connectivity index (χ2n) is 4.57. The molecule has 0 unspecified atom stereocenters. The van der Waals surface area contributed by atoms with Gasteiger partial charge in [0.15, 0.2) is 0 Å². The first-order valence-corrected chi connectivity index (χ1v) is 6.67. The van der Waals surface area contributed by atoms with E-state index in [0.29, 0.717) is 11.3 Å². The number of nitrogens with zero attached hydrogens (tertiary/aromatic N) is 2. The number of aromatic nitrogens is 2. The summed E-state index contributed by atoms with van der Waals surface area (Å²) in [4.78, 5) is 34.4. The number of rotatable bonds is 5. The van der Waals surface area contributed by atoms with E-state index >= 15 is 0 Å². The number of halogens is 1. The molecule has 0 radical (unpaired) electrons. The van der Waals surface area contributed by atoms with Crippen LogP contribution in [0.5, 0.6) is 0 Å². The second kappa shape index (κ2) is 7.30. The van der Waals surface area contributed by atoms with Gasteiger partial charge in [-0.1, -0.05) is 0 Å². The Morgan fingerprint density at radius 2 is 1.91 bits per heavy atom. The molecule has 0 saturated carbocycles. The predicted molar refractivity (Wildman–Crippen MR) is 78.9 cm³/mol. The summed E-state index contributed by atoms with van der Waals surface area (Å²) in [5.41, 5.74) is 0.560. The highest BCUT2D eigenvalue weighted by Crippen LogP contribution is 2.15. The van der Waals surface area contributed by atoms with Crippen LogP contribution in [0.15, 0.2) is 41.2 Å². The predicted octanol–water partition coefficient (Wildman–Crippen LogP) is 0.339. The first-order valence-electron chi connectivity index (χ1n) is 6.67. The van der Waals surface area contributed by atoms with Crippen molar-refractivity contribution in [2.75, 3.05) is 13.7 Å². The monoisotopic (exact) mass is 319 g/mol. The summed E-state index contributed by atoms with van der Waals surface area (Å²) in [6, 6.07) is 8.33. The summed E-state index contributed by atoms with van der Waals surface area (Å²) in [6.45, 7) is -0.632. The fourth-order valence-electron chi connectivity index (χ4n) is 1.77. The Balaban J connectivity index is 2.14. The molecule has 1 amide bonds. The molecule has 0 aliphatic rings. The highest BCUT2D eigenvalue weighted by atomic mass is 19.1. The molecule has 1 N–H and O–H groups in total. The number of methoxy groups -OCH3 is 1. The summed E-state index contributed by atoms with van der Waals surface area (Å²) >= 11 is 0. The van der Waals surface area contributed by atoms with E-state index in [9.17, 15) is 18.8 Å². The molecule has 0 fully saturated rings. The van der Waals surface area contributed by atoms with E-state index in [1.807, 2.05) is 0 Å². The minimum absolute atomic E-state index is 0.290. The van der Waals surface area contributed by atoms with Crippen molar-refractivity contribution in [3.05, 3.63) is 52.6 Å². The number of amides is 1. The fourth-order valence-corrected chi connectivity index (χ4v) is 1.77. The maximum Gasteiger partial charge on any atom is 0.325 e. The standard InChI is InChI=1S/C15H14FN3O4/c1-23-15(22)8-17-13(20)9-19-14(21)7-6-12(18-19)10-2-4-11(16)5-3-10/h2-7H,8-9H2,1H3,(H,17,20). The van der Waals surface area contributed by atoms with Gasteiger partial charge in [-0.2, -0.15) is 5.10 Å². The normalized spacial score (nSPS) is 10.2. The fraction of sp³-hybridized carbons (Fsp3) is 0.200. The Labute approximate surface area is 130 Å². The van der Waals surface area contributed by atoms with E-state index in [-0.39, 0.29) is 18.9 Å². The van der Waals surface area contributed by atoms with Crippen molar-refractivity contribution < 1.29 is 18.7 Å². The van der Waals surface area contributed by atoms with Gasteiger partial charge in [-0.05, 0) is 30.3 Å². The van der Waals surface area contributed by atoms with Crippen LogP contribution in [-0.2, 0) is 20.9 Å². The molecule has 2 aromatic rings. The Morgan fingerprint density at radius 1 is 1.22 bits per heavy atom. The molecule has 2 rings (SSSR count). The van der Waals surface area contributed by atoms with Gasteiger partial charge in [0.25, 0.3) is 5.56 Å². The van der Waals surface area contributed by atoms with Crippen LogP contribution in [0, 0.1) is 5.82 Å². The lowest BCUT2D eigenvalue weighted by Gasteiger charge is -2.07. The van der Waals surface area contributed by atoms with Crippen LogP contribution < -0.4 is 10.9 Å². The van der Waals surface area contributed by atoms with Crippen LogP contribution in [0.25, 0.3) is 11.3 Å². The summed E-state index contributed by atoms with van der Waals surface area (Å²) in [5.74, 6) is -1.54. The van der Waals surface area contributed by atoms with Crippen molar-refractivity contribution in [2.24, 2.45) is 0 Å². The Bertz CT molecular complexity index is 771. The van der Waals surface area contributed by atoms with Crippen LogP contribution >= 0.6 is 0 Å². The SMILES string of the molecule is COC(=O)CNC(=O)Cn1nc(-c2ccc(F)cc2)ccc1=O. The number of benzene rings is 1. The molecule has 23 heavy (non-hydrogen) atoms. The summed E-state index contributed by atoms with van der Waals surface area (Å²) in [6.07, 6.45) is 0. The second-order valence-corrected chi connectivity index (χ2v) is 4.57. The lowest BCUT2D eigenvalue weighted by Crippen LogP contribution is -2.36. The maximum atomic E-state index is 12.9. The number of carbonyl (C=O) groups excluding carboxylic acids is 2. The van der Waals surface area contributed by atoms with E-state index < -0.39 is 17.4 Å². The molecular weight excluding hydrogens is 305 g/mol. The van der Waals surface area contributed by atoms with E-state index in [0.717, 1.165) is 4.68 Å². The molecule has 0 bridgehead atoms. The maximum absolute atomic E-state index is 12.9. The van der Waals surface area contributed by atoms with E-state index in [1.165, 1.54) is 43.5 Å². The van der Waals surface area contributed by atoms with Gasteiger partial charge in [0.2, 0.25) is 5.91 Å². The minimum atomic E-state index is -0.598. The topological polar surface area (TPSA) is 90.3 Å². The first kappa shape index (κ1) is 16.3. The molecule has 0 spiro atoms. The zero-order chi connectivity index (χ0) is 16.8. The van der Waals surface area contributed by atoms with Crippen LogP contribution in [-0.4, -0.2) is 35.3 Å². The van der Waals surface area contributed by atoms with Gasteiger partial charge in [0, 0.05) is 11.6 Å². The van der Waals surface area contributed by atoms with Crippen molar-refractivity contribution in [2.45, 2.75) is 6.54 Å². The highest BCUT2D eigenvalue weighted by molar-refractivity contribution is 5.81. The average molecular weight is 319 g/mol. The van der Waals surface area contributed by atoms with Gasteiger partial charge in [0.1, 0.15) is 18.9 Å². The highest BCUT2D eigenvalue weighted by Gasteiger charge is 2.09. The molecule has 1 aromatic heterocycles. The number of ether oxygens (including phenoxy) is 1. The van der Waals surface area contributed by atoms with Gasteiger partial charge in [-0.3, -0.25) is 14.4 Å². The molecule has 7 nitrogen and oxygen atoms in total. The molecule has 1 aromatic carbocycles. The Hall–Kier alpha value is -3.03. The average Bonchev–Trinajstić information content (AvgIpc) is 2.55. The number of hydrogen-bond donors (Lipinski definition) is 1. The van der Waals surface area contributed by atoms with Gasteiger partial charge < -0.3 is 10.1 Å². The third-order valence-corrected chi connectivity index (χ3v) is 2.96. The number of esters is 1. The summed E-state index contributed by atoms with van der Waals surface area (Å²) < 4.78 is 18.3. The van der Waals surface area contributed by atoms with Crippen molar-refractivity contribution in [1.29, 1.82) is 0 Å². The van der Waals surface area contributed by atoms with Gasteiger partial charge in [-0.25, -0.2) is 9.07 Å². The molecule has 1 heterocycles. The van der Waals surface area contributed by atoms with Crippen molar-refractivity contribution in [3.63, 3.8) is 0 Å². The lowest BCUT2D eigenvalue weighted by molar-refractivity contribution is -0.141. The van der Waals surface area contributed by atoms with E-state index in [1.54, 1.807) is 0 Å². The Kier molecular flexibility index (Phi) is 5.19. The first-order chi connectivity index (χ1) is 11.0. The van der Waals surface area contributed by atoms with Gasteiger partial charge >= 0.3 is 5.97 Å². The van der Waals surface area contributed by atoms with E-state index in [4.69, 9.17) is 0 Å². The van der Waals surface area contributed by atoms with Crippen LogP contribution in [0.1, 0.15) is 0 Å². The largest absolute Gasteiger partial charge is 0.468 e. The van der Waals surface area contributed by atoms with Crippen molar-refractivity contribution >= 4 is 11.9 Å². The summed E-state index contributed by atoms with van der Waals surface area (Å²) in [5, 5.41) is 6.38. The molecule has 8 heteroatoms. The molecule has 0 aliphatic carbocycles. The zero-order valence-electron chi connectivity index (χ0n) is 12.3. The smallest absolute Gasteiger partial charge is 0.325 e. The molecule has 0 atom stereocenters. The van der Waals surface area contributed by atoms with Crippen molar-refractivity contribution in [3.8, 4) is 11.3 Å². The third kappa shape index (κ3) is 4.47. The number of hydrogen-bond acceptors (Lipinski definition) is 5. The molecular formula is C15H14FN3O4. The van der Waals surface area contributed by atoms with Gasteiger partial charge in [0.05, 0.1) is 12.8 Å². The van der Waals surface area contributed by atoms with Crippen LogP contribution in [0.2, 0.25) is 0 Å². The summed E-state index contributed by atoms with van der Waals surface area (Å²) in [7, 11) is 1.20. The molecule has 0 saturated heterocycles. The molecule has 0 aliphatic heterocycles. The van der Waals surface area contributed by atoms with Crippen LogP contribution in [0.3, 0.4) is 0 Å². The van der Waals surface area contributed by atoms with Crippen LogP contribution in [0.4, 0.5) is 4.39 Å². The van der Waals surface area contributed by atoms with Gasteiger partial charge in [-0.15, -0.1) is 0 Å². The number of carbonyl (C=O) groups is 2. The Morgan fingerprint density at radius 3 is 2.57 bits per heavy atom. The molecule has 120 valence electrons. The minimum Gasteiger partial charge on any atom is -0.468 e. The van der Waals surface area contributed by atoms with Crippen molar-refractivity contribution in [1.82, 2.24) is 15.1 Å². The van der Waals surface area contributed by atoms with E-state index in [2.05, 4.69) is 15.2 Å².